The Hall–Kier alpha value is -4.63. The van der Waals surface area contributed by atoms with E-state index in [-0.39, 0.29) is 0 Å². The third-order valence-corrected chi connectivity index (χ3v) is 6.33. The van der Waals surface area contributed by atoms with Gasteiger partial charge in [0.2, 0.25) is 0 Å². The molecule has 0 N–H and O–H groups in total. The summed E-state index contributed by atoms with van der Waals surface area (Å²) in [6, 6.07) is 44.0. The van der Waals surface area contributed by atoms with Crippen LogP contribution in [0.5, 0.6) is 5.75 Å². The fraction of sp³-hybridized carbons (Fsp3) is 0.0312. The minimum absolute atomic E-state index is 0.824. The number of methoxy groups -OCH3 is 1. The van der Waals surface area contributed by atoms with Crippen LogP contribution in [-0.2, 0) is 0 Å². The van der Waals surface area contributed by atoms with Gasteiger partial charge in [-0.25, -0.2) is 4.98 Å². The van der Waals surface area contributed by atoms with Gasteiger partial charge in [-0.3, -0.25) is 4.57 Å². The van der Waals surface area contributed by atoms with Crippen LogP contribution in [0, 0.1) is 0 Å². The lowest BCUT2D eigenvalue weighted by atomic mass is 10.0. The van der Waals surface area contributed by atoms with Gasteiger partial charge in [-0.15, -0.1) is 0 Å². The third kappa shape index (κ3) is 3.77. The molecule has 0 radical (unpaired) electrons. The molecule has 35 heavy (non-hydrogen) atoms. The molecule has 168 valence electrons. The molecule has 0 spiro atoms. The molecule has 0 aliphatic rings. The zero-order chi connectivity index (χ0) is 23.6. The van der Waals surface area contributed by atoms with Crippen LogP contribution in [0.2, 0.25) is 0 Å². The Balaban J connectivity index is 1.74. The highest BCUT2D eigenvalue weighted by atomic mass is 16.5. The fourth-order valence-corrected chi connectivity index (χ4v) is 4.66. The summed E-state index contributed by atoms with van der Waals surface area (Å²) in [5.74, 6) is 1.73. The van der Waals surface area contributed by atoms with Gasteiger partial charge in [-0.2, -0.15) is 0 Å². The standard InChI is InChI=1S/C32H24N2O/c1-35-27-21-19-26(20-22-27)34-31(25-14-6-3-7-15-25)30(24-12-4-2-5-13-24)33-32(34)29-18-10-16-23-11-8-9-17-28(23)29/h2-22H,1H3. The van der Waals surface area contributed by atoms with Gasteiger partial charge >= 0.3 is 0 Å². The van der Waals surface area contributed by atoms with Gasteiger partial charge < -0.3 is 4.74 Å². The Morgan fingerprint density at radius 1 is 0.600 bits per heavy atom. The fourth-order valence-electron chi connectivity index (χ4n) is 4.66. The molecule has 0 aliphatic carbocycles. The van der Waals surface area contributed by atoms with Crippen molar-refractivity contribution in [3.63, 3.8) is 0 Å². The summed E-state index contributed by atoms with van der Waals surface area (Å²) in [7, 11) is 1.69. The molecule has 3 heteroatoms. The van der Waals surface area contributed by atoms with E-state index in [4.69, 9.17) is 9.72 Å². The van der Waals surface area contributed by atoms with E-state index in [1.54, 1.807) is 7.11 Å². The van der Waals surface area contributed by atoms with Crippen molar-refractivity contribution in [2.75, 3.05) is 7.11 Å². The van der Waals surface area contributed by atoms with Crippen LogP contribution in [0.4, 0.5) is 0 Å². The second kappa shape index (κ2) is 8.96. The van der Waals surface area contributed by atoms with Crippen molar-refractivity contribution < 1.29 is 4.74 Å². The maximum absolute atomic E-state index is 5.44. The predicted octanol–water partition coefficient (Wildman–Crippen LogP) is 8.04. The van der Waals surface area contributed by atoms with Gasteiger partial charge in [0.1, 0.15) is 11.6 Å². The van der Waals surface area contributed by atoms with E-state index in [9.17, 15) is 0 Å². The molecule has 0 atom stereocenters. The topological polar surface area (TPSA) is 27.1 Å². The smallest absolute Gasteiger partial charge is 0.146 e. The predicted molar refractivity (Wildman–Crippen MR) is 144 cm³/mol. The van der Waals surface area contributed by atoms with E-state index < -0.39 is 0 Å². The highest BCUT2D eigenvalue weighted by Gasteiger charge is 2.23. The molecule has 1 aromatic heterocycles. The van der Waals surface area contributed by atoms with Crippen LogP contribution < -0.4 is 4.74 Å². The first-order valence-corrected chi connectivity index (χ1v) is 11.7. The normalized spacial score (nSPS) is 11.0. The lowest BCUT2D eigenvalue weighted by Crippen LogP contribution is -2.01. The van der Waals surface area contributed by atoms with Gasteiger partial charge in [0, 0.05) is 22.4 Å². The molecule has 0 bridgehead atoms. The highest BCUT2D eigenvalue weighted by molar-refractivity contribution is 5.97. The second-order valence-corrected chi connectivity index (χ2v) is 8.42. The number of benzene rings is 5. The van der Waals surface area contributed by atoms with Crippen LogP contribution >= 0.6 is 0 Å². The Morgan fingerprint density at radius 2 is 1.23 bits per heavy atom. The highest BCUT2D eigenvalue weighted by Crippen LogP contribution is 2.40. The SMILES string of the molecule is COc1ccc(-n2c(-c3cccc4ccccc34)nc(-c3ccccc3)c2-c2ccccc2)cc1. The molecule has 0 saturated heterocycles. The van der Waals surface area contributed by atoms with Gasteiger partial charge in [-0.1, -0.05) is 103 Å². The number of rotatable bonds is 5. The maximum atomic E-state index is 5.44. The first-order chi connectivity index (χ1) is 17.3. The maximum Gasteiger partial charge on any atom is 0.146 e. The summed E-state index contributed by atoms with van der Waals surface area (Å²) >= 11 is 0. The minimum atomic E-state index is 0.824. The number of nitrogens with zero attached hydrogens (tertiary/aromatic N) is 2. The average molecular weight is 453 g/mol. The van der Waals surface area contributed by atoms with Crippen LogP contribution in [0.3, 0.4) is 0 Å². The molecule has 0 saturated carbocycles. The molecule has 0 aliphatic heterocycles. The summed E-state index contributed by atoms with van der Waals surface area (Å²) in [5.41, 5.74) is 6.34. The Bertz CT molecular complexity index is 1600. The van der Waals surface area contributed by atoms with E-state index in [0.717, 1.165) is 45.3 Å². The third-order valence-electron chi connectivity index (χ3n) is 6.33. The Kier molecular flexibility index (Phi) is 5.36. The molecule has 6 aromatic rings. The van der Waals surface area contributed by atoms with Crippen molar-refractivity contribution in [2.24, 2.45) is 0 Å². The van der Waals surface area contributed by atoms with E-state index >= 15 is 0 Å². The first-order valence-electron chi connectivity index (χ1n) is 11.7. The van der Waals surface area contributed by atoms with Crippen molar-refractivity contribution in [3.8, 4) is 45.3 Å². The molecule has 1 heterocycles. The summed E-state index contributed by atoms with van der Waals surface area (Å²) < 4.78 is 7.72. The average Bonchev–Trinajstić information content (AvgIpc) is 3.34. The van der Waals surface area contributed by atoms with Crippen LogP contribution in [0.25, 0.3) is 50.4 Å². The van der Waals surface area contributed by atoms with Crippen LogP contribution in [-0.4, -0.2) is 16.7 Å². The number of imidazole rings is 1. The summed E-state index contributed by atoms with van der Waals surface area (Å²) in [4.78, 5) is 5.33. The zero-order valence-corrected chi connectivity index (χ0v) is 19.4. The van der Waals surface area contributed by atoms with Crippen LogP contribution in [0.15, 0.2) is 127 Å². The quantitative estimate of drug-likeness (QED) is 0.265. The molecular weight excluding hydrogens is 428 g/mol. The second-order valence-electron chi connectivity index (χ2n) is 8.42. The van der Waals surface area contributed by atoms with Crippen molar-refractivity contribution in [1.29, 1.82) is 0 Å². The van der Waals surface area contributed by atoms with Gasteiger partial charge in [0.15, 0.2) is 0 Å². The van der Waals surface area contributed by atoms with Crippen molar-refractivity contribution in [1.82, 2.24) is 9.55 Å². The number of ether oxygens (including phenoxy) is 1. The summed E-state index contributed by atoms with van der Waals surface area (Å²) in [6.07, 6.45) is 0. The molecule has 0 amide bonds. The Morgan fingerprint density at radius 3 is 1.94 bits per heavy atom. The van der Waals surface area contributed by atoms with E-state index in [1.165, 1.54) is 10.8 Å². The molecule has 3 nitrogen and oxygen atoms in total. The number of aromatic nitrogens is 2. The number of hydrogen-bond donors (Lipinski definition) is 0. The lowest BCUT2D eigenvalue weighted by Gasteiger charge is -2.15. The number of fused-ring (bicyclic) bond motifs is 1. The van der Waals surface area contributed by atoms with Gasteiger partial charge in [0.25, 0.3) is 0 Å². The Labute approximate surface area is 204 Å². The van der Waals surface area contributed by atoms with E-state index in [1.807, 2.05) is 24.3 Å². The van der Waals surface area contributed by atoms with Gasteiger partial charge in [-0.05, 0) is 35.0 Å². The van der Waals surface area contributed by atoms with E-state index in [0.29, 0.717) is 0 Å². The molecule has 0 fully saturated rings. The largest absolute Gasteiger partial charge is 0.497 e. The van der Waals surface area contributed by atoms with Crippen molar-refractivity contribution in [3.05, 3.63) is 127 Å². The molecule has 0 unspecified atom stereocenters. The molecular formula is C32H24N2O. The number of hydrogen-bond acceptors (Lipinski definition) is 2. The first kappa shape index (κ1) is 20.9. The lowest BCUT2D eigenvalue weighted by molar-refractivity contribution is 0.415. The van der Waals surface area contributed by atoms with Gasteiger partial charge in [0.05, 0.1) is 18.5 Å². The zero-order valence-electron chi connectivity index (χ0n) is 19.4. The molecule has 6 rings (SSSR count). The summed E-state index contributed by atoms with van der Waals surface area (Å²) in [5, 5.41) is 2.37. The van der Waals surface area contributed by atoms with Crippen molar-refractivity contribution in [2.45, 2.75) is 0 Å². The minimum Gasteiger partial charge on any atom is -0.497 e. The van der Waals surface area contributed by atoms with E-state index in [2.05, 4.69) is 108 Å². The van der Waals surface area contributed by atoms with Crippen molar-refractivity contribution >= 4 is 10.8 Å². The van der Waals surface area contributed by atoms with Crippen LogP contribution in [0.1, 0.15) is 0 Å². The molecule has 5 aromatic carbocycles. The summed E-state index contributed by atoms with van der Waals surface area (Å²) in [6.45, 7) is 0. The monoisotopic (exact) mass is 452 g/mol.